The van der Waals surface area contributed by atoms with E-state index in [1.807, 2.05) is 69.0 Å². The zero-order chi connectivity index (χ0) is 85.1. The Morgan fingerprint density at radius 2 is 0.940 bits per heavy atom. The lowest BCUT2D eigenvalue weighted by Gasteiger charge is -2.71. The summed E-state index contributed by atoms with van der Waals surface area (Å²) in [6.07, 6.45) is 26.5. The third kappa shape index (κ3) is 13.8. The van der Waals surface area contributed by atoms with Crippen LogP contribution in [-0.2, 0) is 37.8 Å². The molecule has 0 spiro atoms. The Hall–Kier alpha value is -4.78. The first-order valence-corrected chi connectivity index (χ1v) is 44.9. The second kappa shape index (κ2) is 30.3. The van der Waals surface area contributed by atoms with Crippen molar-refractivity contribution >= 4 is 40.4 Å². The molecular formula is C94H146BBrN10O10. The number of carboxylic acid groups (broad SMARTS) is 2. The van der Waals surface area contributed by atoms with Crippen LogP contribution in [0.1, 0.15) is 269 Å². The maximum absolute atomic E-state index is 13.6. The third-order valence-electron chi connectivity index (χ3n) is 36.6. The quantitative estimate of drug-likeness (QED) is 0.0600. The molecule has 15 rings (SSSR count). The number of nitrogens with zero attached hydrogens (tertiary/aromatic N) is 8. The predicted molar refractivity (Wildman–Crippen MR) is 460 cm³/mol. The molecule has 0 unspecified atom stereocenters. The van der Waals surface area contributed by atoms with Crippen molar-refractivity contribution in [1.29, 1.82) is 0 Å². The van der Waals surface area contributed by atoms with Gasteiger partial charge in [-0.05, 0) is 255 Å². The Morgan fingerprint density at radius 1 is 0.552 bits per heavy atom. The van der Waals surface area contributed by atoms with Gasteiger partial charge in [-0.15, -0.1) is 0 Å². The Morgan fingerprint density at radius 3 is 1.32 bits per heavy atom. The Bertz CT molecular complexity index is 4290. The number of aromatic nitrogens is 8. The van der Waals surface area contributed by atoms with E-state index in [0.717, 1.165) is 93.9 Å². The molecule has 7 heterocycles. The molecule has 3 aliphatic heterocycles. The number of rotatable bonds is 16. The number of ether oxygens (including phenoxy) is 4. The van der Waals surface area contributed by atoms with Crippen molar-refractivity contribution in [3.63, 3.8) is 0 Å². The van der Waals surface area contributed by atoms with E-state index in [1.54, 1.807) is 25.0 Å². The van der Waals surface area contributed by atoms with E-state index in [-0.39, 0.29) is 114 Å². The zero-order valence-electron chi connectivity index (χ0n) is 75.6. The second-order valence-electron chi connectivity index (χ2n) is 45.1. The third-order valence-corrected chi connectivity index (χ3v) is 37.2. The lowest BCUT2D eigenvalue weighted by molar-refractivity contribution is -0.253. The van der Waals surface area contributed by atoms with Gasteiger partial charge in [0.2, 0.25) is 0 Å². The number of fused-ring (bicyclic) bond motifs is 6. The fourth-order valence-corrected chi connectivity index (χ4v) is 26.8. The van der Waals surface area contributed by atoms with Crippen molar-refractivity contribution < 1.29 is 48.1 Å². The number of carbonyl (C=O) groups is 2. The number of pyridine rings is 2. The average molecular weight is 1670 g/mol. The van der Waals surface area contributed by atoms with E-state index in [9.17, 15) is 19.8 Å². The molecule has 4 aromatic rings. The van der Waals surface area contributed by atoms with Gasteiger partial charge < -0.3 is 49.9 Å². The summed E-state index contributed by atoms with van der Waals surface area (Å²) in [6.45, 7) is 61.4. The monoisotopic (exact) mass is 1670 g/mol. The SMILES string of the molecule is CC(C)[C@@H](C)[C@@]1(C)CC[C@]2(C)[C@H]3CC[C@@H]4[C@@]5(COC[C@@]4(C)[C@@H](OC[C@](C)(N)C(C)(C)C)[C@H](n4ncnc4-c4ccncc4)C5)C3=CC[C@@]2(C)[C@@H]1C(=O)O.CC(C)[C@@H](C)[C@@]1(C)CC[C@]2(C)[C@H]3CC[C@@H]4[C@@]5(COC[C@@]4(C)[C@@H](OC[C@](C)(N)C(C)(C)C)[C@H](n4ncnc4Br)C5)C3=CC[C@@]2(C)[C@@H]1C(=O)O.CC1(C)OB(c2ccncc2)OC1(C)C. The first kappa shape index (κ1) is 89.0. The molecule has 4 bridgehead atoms. The Labute approximate surface area is 703 Å². The molecule has 0 radical (unpaired) electrons. The highest BCUT2D eigenvalue weighted by atomic mass is 79.9. The molecule has 0 amide bonds. The smallest absolute Gasteiger partial charge is 0.481 e. The van der Waals surface area contributed by atoms with Gasteiger partial charge in [-0.1, -0.05) is 162 Å². The molecule has 11 aliphatic rings. The van der Waals surface area contributed by atoms with Gasteiger partial charge in [-0.2, -0.15) is 10.2 Å². The lowest BCUT2D eigenvalue weighted by Crippen LogP contribution is -2.69. The van der Waals surface area contributed by atoms with Gasteiger partial charge in [0, 0.05) is 63.1 Å². The van der Waals surface area contributed by atoms with Crippen LogP contribution < -0.4 is 16.9 Å². The van der Waals surface area contributed by atoms with E-state index in [2.05, 4.69) is 200 Å². The van der Waals surface area contributed by atoms with Gasteiger partial charge in [0.05, 0.1) is 87.0 Å². The first-order valence-electron chi connectivity index (χ1n) is 44.1. The number of carboxylic acids is 2. The molecular weight excluding hydrogens is 1520 g/mol. The maximum Gasteiger partial charge on any atom is 0.494 e. The number of halogens is 1. The summed E-state index contributed by atoms with van der Waals surface area (Å²) in [7, 11) is -0.280. The predicted octanol–water partition coefficient (Wildman–Crippen LogP) is 18.3. The number of aliphatic carboxylic acids is 2. The summed E-state index contributed by atoms with van der Waals surface area (Å²) < 4.78 is 44.5. The molecule has 9 fully saturated rings. The van der Waals surface area contributed by atoms with E-state index in [4.69, 9.17) is 54.9 Å². The van der Waals surface area contributed by atoms with Crippen LogP contribution in [0.4, 0.5) is 0 Å². The highest BCUT2D eigenvalue weighted by molar-refractivity contribution is 9.10. The van der Waals surface area contributed by atoms with Gasteiger partial charge in [-0.3, -0.25) is 19.6 Å². The molecule has 24 atom stereocenters. The Kier molecular flexibility index (Phi) is 23.3. The first-order chi connectivity index (χ1) is 53.7. The van der Waals surface area contributed by atoms with Crippen LogP contribution in [0, 0.1) is 124 Å². The molecule has 6 saturated carbocycles. The molecule has 3 saturated heterocycles. The minimum Gasteiger partial charge on any atom is -0.481 e. The van der Waals surface area contributed by atoms with Gasteiger partial charge in [0.1, 0.15) is 12.7 Å². The zero-order valence-corrected chi connectivity index (χ0v) is 77.2. The molecule has 6 N–H and O–H groups in total. The van der Waals surface area contributed by atoms with Gasteiger partial charge in [-0.25, -0.2) is 19.3 Å². The van der Waals surface area contributed by atoms with Crippen molar-refractivity contribution in [2.75, 3.05) is 39.6 Å². The van der Waals surface area contributed by atoms with Crippen molar-refractivity contribution in [2.45, 2.75) is 304 Å². The lowest BCUT2D eigenvalue weighted by atomic mass is 9.34. The maximum atomic E-state index is 13.6. The summed E-state index contributed by atoms with van der Waals surface area (Å²) in [6, 6.07) is 7.66. The Balaban J connectivity index is 0.000000171. The van der Waals surface area contributed by atoms with Crippen LogP contribution in [0.3, 0.4) is 0 Å². The normalized spacial score (nSPS) is 40.3. The standard InChI is InChI=1S/C44H67N5O4.C39H63BrN4O4.C11H16BNO2/c1-27(2)28(3)39(7)18-19-41(9)30-12-13-33-40(8)23-52-25-44(33,31(30)14-17-42(41,10)34(39)37(50)51)22-32(35(40)53-24-43(11,45)38(4,5)6)49-36(47-26-48-49)29-15-20-46-21-16-29;1-23(2)24(3)34(7)16-17-36(9)25-12-13-28-35(8)19-47-21-39(28,26(25)14-15-37(36,10)29(34)31(45)46)18-27(44-32(40)42-22-43-44)30(35)48-20-38(11,41)33(4,5)6;1-10(2)11(3,4)15-12(14-10)9-5-7-13-8-6-9/h14-16,20-21,26-28,30,32-35H,12-13,17-19,22-25,45H2,1-11H3,(H,50,51);14,22-25,27-30H,12-13,15-21,41H2,1-11H3,(H,45,46);5-8H,1-4H3/t28-,30+,32-,33+,34-,35+,39-,40-,41-,42+,43+,44+;24-,25+,27-,28+,29-,30+,34-,35-,36-,37+,38+,39+;/m11./s1. The minimum atomic E-state index is -0.625. The fourth-order valence-electron chi connectivity index (χ4n) is 26.4. The fraction of sp³-hybridized carbons (Fsp3) is 0.787. The number of hydrogen-bond donors (Lipinski definition) is 4. The van der Waals surface area contributed by atoms with Crippen LogP contribution in [-0.4, -0.2) is 143 Å². The van der Waals surface area contributed by atoms with E-state index >= 15 is 0 Å². The van der Waals surface area contributed by atoms with Gasteiger partial charge in [0.25, 0.3) is 0 Å². The summed E-state index contributed by atoms with van der Waals surface area (Å²) in [5.41, 5.74) is 14.5. The second-order valence-corrected chi connectivity index (χ2v) is 45.8. The summed E-state index contributed by atoms with van der Waals surface area (Å²) in [5, 5.41) is 31.9. The summed E-state index contributed by atoms with van der Waals surface area (Å²) in [5.74, 6) is 1.53. The number of allylic oxidation sites excluding steroid dienone is 2. The van der Waals surface area contributed by atoms with Crippen molar-refractivity contribution in [2.24, 2.45) is 136 Å². The van der Waals surface area contributed by atoms with Crippen LogP contribution in [0.25, 0.3) is 11.4 Å². The average Bonchev–Trinajstić information content (AvgIpc) is 0.756. The molecule has 642 valence electrons. The largest absolute Gasteiger partial charge is 0.494 e. The molecule has 0 aromatic carbocycles. The topological polar surface area (TPSA) is 269 Å². The highest BCUT2D eigenvalue weighted by Gasteiger charge is 2.75. The van der Waals surface area contributed by atoms with Crippen molar-refractivity contribution in [3.8, 4) is 11.4 Å². The van der Waals surface area contributed by atoms with Crippen LogP contribution in [0.5, 0.6) is 0 Å². The van der Waals surface area contributed by atoms with Crippen molar-refractivity contribution in [1.82, 2.24) is 39.5 Å². The number of hydrogen-bond acceptors (Lipinski definition) is 16. The van der Waals surface area contributed by atoms with Crippen LogP contribution in [0.2, 0.25) is 0 Å². The molecule has 4 aromatic heterocycles. The minimum absolute atomic E-state index is 0.0585. The molecule has 20 nitrogen and oxygen atoms in total. The van der Waals surface area contributed by atoms with E-state index in [0.29, 0.717) is 85.8 Å². The molecule has 116 heavy (non-hydrogen) atoms. The highest BCUT2D eigenvalue weighted by Crippen LogP contribution is 2.78. The summed E-state index contributed by atoms with van der Waals surface area (Å²) in [4.78, 5) is 44.6. The van der Waals surface area contributed by atoms with Gasteiger partial charge in [0.15, 0.2) is 10.6 Å². The van der Waals surface area contributed by atoms with E-state index in [1.165, 1.54) is 11.1 Å². The van der Waals surface area contributed by atoms with Gasteiger partial charge >= 0.3 is 19.1 Å². The van der Waals surface area contributed by atoms with Crippen LogP contribution >= 0.6 is 15.9 Å². The van der Waals surface area contributed by atoms with E-state index < -0.39 is 34.9 Å². The van der Waals surface area contributed by atoms with Crippen LogP contribution in [0.15, 0.2) is 89.7 Å². The number of nitrogens with two attached hydrogens (primary N) is 2. The molecule has 8 aliphatic carbocycles. The van der Waals surface area contributed by atoms with Crippen molar-refractivity contribution in [3.05, 3.63) is 89.7 Å². The summed E-state index contributed by atoms with van der Waals surface area (Å²) >= 11 is 3.72. The molecule has 22 heteroatoms.